The molecule has 2 aromatic rings. The number of benzene rings is 1. The highest BCUT2D eigenvalue weighted by molar-refractivity contribution is 6.34. The summed E-state index contributed by atoms with van der Waals surface area (Å²) in [4.78, 5) is 17.7. The van der Waals surface area contributed by atoms with Gasteiger partial charge in [-0.1, -0.05) is 42.3 Å². The van der Waals surface area contributed by atoms with Gasteiger partial charge in [0.15, 0.2) is 5.78 Å². The van der Waals surface area contributed by atoms with Crippen molar-refractivity contribution in [3.8, 4) is 11.1 Å². The number of carbonyl (C=O) groups is 1. The number of aromatic nitrogens is 1. The van der Waals surface area contributed by atoms with E-state index in [-0.39, 0.29) is 23.4 Å². The molecule has 0 spiro atoms. The van der Waals surface area contributed by atoms with Crippen molar-refractivity contribution in [1.29, 1.82) is 0 Å². The first-order chi connectivity index (χ1) is 14.2. The molecule has 3 aliphatic rings. The number of aryl methyl sites for hydroxylation is 1. The maximum Gasteiger partial charge on any atom is 0.173 e. The van der Waals surface area contributed by atoms with Crippen LogP contribution in [0.1, 0.15) is 44.7 Å². The average Bonchev–Trinajstić information content (AvgIpc) is 3.25. The minimum absolute atomic E-state index is 0.0180. The highest BCUT2D eigenvalue weighted by Crippen LogP contribution is 2.63. The first-order valence-corrected chi connectivity index (χ1v) is 11.1. The molecule has 1 aromatic carbocycles. The molecule has 1 aromatic heterocycles. The number of ether oxygens (including phenoxy) is 1. The first kappa shape index (κ1) is 20.0. The van der Waals surface area contributed by atoms with E-state index >= 15 is 0 Å². The van der Waals surface area contributed by atoms with Crippen LogP contribution in [-0.4, -0.2) is 27.1 Å². The van der Waals surface area contributed by atoms with E-state index in [0.717, 1.165) is 41.5 Å². The smallest absolute Gasteiger partial charge is 0.173 e. The summed E-state index contributed by atoms with van der Waals surface area (Å²) in [5.41, 5.74) is 2.77. The largest absolute Gasteiger partial charge is 0.511 e. The number of rotatable bonds is 3. The first-order valence-electron chi connectivity index (χ1n) is 10.3. The van der Waals surface area contributed by atoms with E-state index in [9.17, 15) is 9.90 Å². The van der Waals surface area contributed by atoms with Gasteiger partial charge in [0, 0.05) is 5.56 Å². The molecule has 1 aliphatic carbocycles. The molecule has 0 amide bonds. The van der Waals surface area contributed by atoms with E-state index in [4.69, 9.17) is 27.9 Å². The van der Waals surface area contributed by atoms with Crippen LogP contribution in [0.2, 0.25) is 10.3 Å². The highest BCUT2D eigenvalue weighted by Gasteiger charge is 2.69. The van der Waals surface area contributed by atoms with Crippen molar-refractivity contribution in [1.82, 2.24) is 4.98 Å². The second kappa shape index (κ2) is 6.56. The zero-order valence-corrected chi connectivity index (χ0v) is 18.6. The molecule has 30 heavy (non-hydrogen) atoms. The fourth-order valence-corrected chi connectivity index (χ4v) is 6.22. The minimum atomic E-state index is -0.514. The average molecular weight is 444 g/mol. The van der Waals surface area contributed by atoms with Crippen LogP contribution in [0.3, 0.4) is 0 Å². The number of aliphatic hydroxyl groups excluding tert-OH is 1. The van der Waals surface area contributed by atoms with Gasteiger partial charge in [-0.2, -0.15) is 0 Å². The number of hydrogen-bond donors (Lipinski definition) is 1. The van der Waals surface area contributed by atoms with Crippen molar-refractivity contribution in [2.24, 2.45) is 11.8 Å². The van der Waals surface area contributed by atoms with Gasteiger partial charge in [-0.3, -0.25) is 4.79 Å². The van der Waals surface area contributed by atoms with E-state index in [1.165, 1.54) is 0 Å². The van der Waals surface area contributed by atoms with Gasteiger partial charge >= 0.3 is 0 Å². The standard InChI is InChI=1S/C24H23Cl2NO3/c1-4-12-5-6-13(14-7-8-16(25)27-22(14)26)11-15(12)17-20(28)18-19(21(17)29)24(3)10-9-23(18,2)30-24/h5-8,11,18-19,28H,4,9-10H2,1-3H3/t18-,19+,23?,24?/m1/s1. The lowest BCUT2D eigenvalue weighted by Crippen LogP contribution is -2.39. The van der Waals surface area contributed by atoms with Crippen LogP contribution in [0.4, 0.5) is 0 Å². The number of aliphatic hydroxyl groups is 1. The summed E-state index contributed by atoms with van der Waals surface area (Å²) < 4.78 is 6.26. The van der Waals surface area contributed by atoms with Gasteiger partial charge in [0.2, 0.25) is 0 Å². The molecule has 2 fully saturated rings. The number of fused-ring (bicyclic) bond motifs is 5. The molecule has 5 rings (SSSR count). The lowest BCUT2D eigenvalue weighted by atomic mass is 9.68. The van der Waals surface area contributed by atoms with Crippen LogP contribution in [0.25, 0.3) is 16.7 Å². The van der Waals surface area contributed by atoms with Crippen molar-refractivity contribution in [3.05, 3.63) is 57.5 Å². The van der Waals surface area contributed by atoms with E-state index in [2.05, 4.69) is 4.98 Å². The number of Topliss-reactive ketones (excluding diaryl/α,β-unsaturated/α-hetero) is 1. The minimum Gasteiger partial charge on any atom is -0.511 e. The van der Waals surface area contributed by atoms with Gasteiger partial charge in [-0.05, 0) is 68.0 Å². The molecular formula is C24H23Cl2NO3. The maximum atomic E-state index is 13.6. The number of hydrogen-bond acceptors (Lipinski definition) is 4. The Morgan fingerprint density at radius 3 is 2.43 bits per heavy atom. The maximum absolute atomic E-state index is 13.6. The Morgan fingerprint density at radius 1 is 1.10 bits per heavy atom. The Morgan fingerprint density at radius 2 is 1.80 bits per heavy atom. The molecule has 4 atom stereocenters. The van der Waals surface area contributed by atoms with Crippen LogP contribution >= 0.6 is 23.2 Å². The van der Waals surface area contributed by atoms with E-state index in [0.29, 0.717) is 15.9 Å². The second-order valence-corrected chi connectivity index (χ2v) is 9.75. The lowest BCUT2D eigenvalue weighted by Gasteiger charge is -2.30. The van der Waals surface area contributed by atoms with Gasteiger partial charge in [-0.15, -0.1) is 0 Å². The van der Waals surface area contributed by atoms with Crippen molar-refractivity contribution < 1.29 is 14.6 Å². The van der Waals surface area contributed by atoms with Crippen molar-refractivity contribution in [3.63, 3.8) is 0 Å². The van der Waals surface area contributed by atoms with Crippen LogP contribution < -0.4 is 0 Å². The molecule has 2 unspecified atom stereocenters. The SMILES string of the molecule is CCc1ccc(-c2ccc(Cl)nc2Cl)cc1C1=C(O)[C@H]2[C@@H](C1=O)C1(C)CCC2(C)O1. The molecular weight excluding hydrogens is 421 g/mol. The van der Waals surface area contributed by atoms with Gasteiger partial charge in [0.05, 0.1) is 28.6 Å². The Kier molecular flexibility index (Phi) is 4.38. The van der Waals surface area contributed by atoms with Gasteiger partial charge < -0.3 is 9.84 Å². The van der Waals surface area contributed by atoms with Crippen molar-refractivity contribution in [2.75, 3.05) is 0 Å². The van der Waals surface area contributed by atoms with Crippen molar-refractivity contribution in [2.45, 2.75) is 51.2 Å². The van der Waals surface area contributed by atoms with E-state index in [1.807, 2.05) is 45.0 Å². The van der Waals surface area contributed by atoms with Crippen LogP contribution in [0.15, 0.2) is 36.1 Å². The van der Waals surface area contributed by atoms with Crippen molar-refractivity contribution >= 4 is 34.6 Å². The number of nitrogens with zero attached hydrogens (tertiary/aromatic N) is 1. The summed E-state index contributed by atoms with van der Waals surface area (Å²) in [6.07, 6.45) is 2.43. The second-order valence-electron chi connectivity index (χ2n) is 9.01. The quantitative estimate of drug-likeness (QED) is 0.586. The highest BCUT2D eigenvalue weighted by atomic mass is 35.5. The number of carbonyl (C=O) groups excluding carboxylic acids is 1. The third-order valence-electron chi connectivity index (χ3n) is 7.20. The zero-order valence-electron chi connectivity index (χ0n) is 17.1. The topological polar surface area (TPSA) is 59.4 Å². The third kappa shape index (κ3) is 2.63. The number of ketones is 1. The molecule has 4 nitrogen and oxygen atoms in total. The predicted molar refractivity (Wildman–Crippen MR) is 118 cm³/mol. The van der Waals surface area contributed by atoms with Crippen LogP contribution in [0.5, 0.6) is 0 Å². The number of allylic oxidation sites excluding steroid dienone is 1. The van der Waals surface area contributed by atoms with Crippen LogP contribution in [0, 0.1) is 11.8 Å². The Bertz CT molecular complexity index is 1130. The monoisotopic (exact) mass is 443 g/mol. The predicted octanol–water partition coefficient (Wildman–Crippen LogP) is 6.04. The molecule has 3 heterocycles. The molecule has 2 saturated heterocycles. The fraction of sp³-hybridized carbons (Fsp3) is 0.417. The molecule has 6 heteroatoms. The summed E-state index contributed by atoms with van der Waals surface area (Å²) >= 11 is 12.3. The molecule has 1 N–H and O–H groups in total. The van der Waals surface area contributed by atoms with Gasteiger partial charge in [0.25, 0.3) is 0 Å². The third-order valence-corrected chi connectivity index (χ3v) is 7.70. The van der Waals surface area contributed by atoms with Crippen LogP contribution in [-0.2, 0) is 16.0 Å². The summed E-state index contributed by atoms with van der Waals surface area (Å²) in [7, 11) is 0. The molecule has 156 valence electrons. The molecule has 0 radical (unpaired) electrons. The summed E-state index contributed by atoms with van der Waals surface area (Å²) in [5, 5.41) is 11.9. The Labute approximate surface area is 185 Å². The zero-order chi connectivity index (χ0) is 21.4. The van der Waals surface area contributed by atoms with Gasteiger partial charge in [0.1, 0.15) is 16.1 Å². The molecule has 2 bridgehead atoms. The normalized spacial score (nSPS) is 32.2. The number of halogens is 2. The summed E-state index contributed by atoms with van der Waals surface area (Å²) in [6.45, 7) is 6.07. The molecule has 2 aliphatic heterocycles. The van der Waals surface area contributed by atoms with E-state index < -0.39 is 11.2 Å². The van der Waals surface area contributed by atoms with E-state index in [1.54, 1.807) is 6.07 Å². The lowest BCUT2D eigenvalue weighted by molar-refractivity contribution is -0.121. The summed E-state index contributed by atoms with van der Waals surface area (Å²) in [5.74, 6) is -0.466. The summed E-state index contributed by atoms with van der Waals surface area (Å²) in [6, 6.07) is 9.40. The number of pyridine rings is 1. The Hall–Kier alpha value is -1.88. The van der Waals surface area contributed by atoms with Gasteiger partial charge in [-0.25, -0.2) is 4.98 Å². The Balaban J connectivity index is 1.67. The molecule has 0 saturated carbocycles. The fourth-order valence-electron chi connectivity index (χ4n) is 5.77.